The van der Waals surface area contributed by atoms with Crippen molar-refractivity contribution in [1.29, 1.82) is 0 Å². The number of halogens is 1. The van der Waals surface area contributed by atoms with Gasteiger partial charge in [0.05, 0.1) is 0 Å². The lowest BCUT2D eigenvalue weighted by Gasteiger charge is -2.15. The average Bonchev–Trinajstić information content (AvgIpc) is 1.87. The third kappa shape index (κ3) is 3.77. The summed E-state index contributed by atoms with van der Waals surface area (Å²) in [4.78, 5) is 0. The summed E-state index contributed by atoms with van der Waals surface area (Å²) < 4.78 is 0. The zero-order chi connectivity index (χ0) is 7.28. The lowest BCUT2D eigenvalue weighted by molar-refractivity contribution is 0.449. The highest BCUT2D eigenvalue weighted by Crippen LogP contribution is 2.09. The number of alkyl halides is 1. The van der Waals surface area contributed by atoms with Gasteiger partial charge in [0.15, 0.2) is 0 Å². The van der Waals surface area contributed by atoms with Gasteiger partial charge in [-0.15, -0.1) is 11.6 Å². The minimum absolute atomic E-state index is 0.187. The first kappa shape index (κ1) is 9.25. The molecule has 0 rings (SSSR count). The first-order chi connectivity index (χ1) is 4.22. The molecule has 0 aromatic rings. The van der Waals surface area contributed by atoms with Crippen molar-refractivity contribution >= 4 is 11.6 Å². The molecule has 0 saturated carbocycles. The fourth-order valence-corrected chi connectivity index (χ4v) is 1.13. The second-order valence-electron chi connectivity index (χ2n) is 2.58. The maximum atomic E-state index is 5.67. The number of hydrogen-bond donors (Lipinski definition) is 1. The molecule has 0 amide bonds. The van der Waals surface area contributed by atoms with Crippen LogP contribution >= 0.6 is 11.6 Å². The third-order valence-electron chi connectivity index (χ3n) is 1.65. The predicted octanol–water partition coefficient (Wildman–Crippen LogP) is 1.99. The Balaban J connectivity index is 3.32. The molecule has 0 bridgehead atoms. The average molecular weight is 150 g/mol. The summed E-state index contributed by atoms with van der Waals surface area (Å²) in [6, 6.07) is 0.187. The van der Waals surface area contributed by atoms with E-state index in [1.807, 2.05) is 0 Å². The van der Waals surface area contributed by atoms with Crippen LogP contribution in [0.1, 0.15) is 26.7 Å². The van der Waals surface area contributed by atoms with Gasteiger partial charge in [-0.2, -0.15) is 0 Å². The van der Waals surface area contributed by atoms with Crippen LogP contribution in [0.3, 0.4) is 0 Å². The summed E-state index contributed by atoms with van der Waals surface area (Å²) in [6.45, 7) is 4.31. The van der Waals surface area contributed by atoms with Crippen molar-refractivity contribution < 1.29 is 0 Å². The molecule has 0 radical (unpaired) electrons. The molecule has 2 atom stereocenters. The SMILES string of the molecule is CCCC(C)C(N)CCl. The predicted molar refractivity (Wildman–Crippen MR) is 42.8 cm³/mol. The van der Waals surface area contributed by atoms with E-state index in [0.717, 1.165) is 0 Å². The normalized spacial score (nSPS) is 17.3. The van der Waals surface area contributed by atoms with Crippen LogP contribution < -0.4 is 5.73 Å². The molecular formula is C7H16ClN. The summed E-state index contributed by atoms with van der Waals surface area (Å²) in [7, 11) is 0. The lowest BCUT2D eigenvalue weighted by atomic mass is 9.99. The highest BCUT2D eigenvalue weighted by Gasteiger charge is 2.08. The molecule has 0 saturated heterocycles. The van der Waals surface area contributed by atoms with Crippen LogP contribution in [-0.4, -0.2) is 11.9 Å². The Morgan fingerprint density at radius 3 is 2.44 bits per heavy atom. The van der Waals surface area contributed by atoms with E-state index in [2.05, 4.69) is 13.8 Å². The van der Waals surface area contributed by atoms with E-state index in [-0.39, 0.29) is 6.04 Å². The zero-order valence-corrected chi connectivity index (χ0v) is 6.99. The Hall–Kier alpha value is 0.250. The van der Waals surface area contributed by atoms with Crippen LogP contribution in [0.2, 0.25) is 0 Å². The molecule has 1 nitrogen and oxygen atoms in total. The summed E-state index contributed by atoms with van der Waals surface area (Å²) in [5, 5.41) is 0. The topological polar surface area (TPSA) is 26.0 Å². The lowest BCUT2D eigenvalue weighted by Crippen LogP contribution is -2.29. The molecule has 0 aliphatic rings. The van der Waals surface area contributed by atoms with Crippen molar-refractivity contribution in [3.8, 4) is 0 Å². The first-order valence-corrected chi connectivity index (χ1v) is 4.07. The van der Waals surface area contributed by atoms with Crippen LogP contribution in [0.25, 0.3) is 0 Å². The van der Waals surface area contributed by atoms with E-state index in [4.69, 9.17) is 17.3 Å². The van der Waals surface area contributed by atoms with E-state index in [9.17, 15) is 0 Å². The van der Waals surface area contributed by atoms with E-state index in [1.54, 1.807) is 0 Å². The molecule has 0 fully saturated rings. The van der Waals surface area contributed by atoms with E-state index < -0.39 is 0 Å². The molecule has 0 aromatic heterocycles. The quantitative estimate of drug-likeness (QED) is 0.608. The van der Waals surface area contributed by atoms with Crippen molar-refractivity contribution in [3.05, 3.63) is 0 Å². The maximum Gasteiger partial charge on any atom is 0.0377 e. The molecule has 0 heterocycles. The van der Waals surface area contributed by atoms with Crippen LogP contribution in [0.4, 0.5) is 0 Å². The minimum atomic E-state index is 0.187. The Morgan fingerprint density at radius 2 is 2.11 bits per heavy atom. The molecule has 0 spiro atoms. The fourth-order valence-electron chi connectivity index (χ4n) is 0.821. The summed E-state index contributed by atoms with van der Waals surface area (Å²) in [5.41, 5.74) is 5.67. The molecule has 2 N–H and O–H groups in total. The van der Waals surface area contributed by atoms with Gasteiger partial charge in [-0.05, 0) is 12.3 Å². The summed E-state index contributed by atoms with van der Waals surface area (Å²) in [5.74, 6) is 1.16. The van der Waals surface area contributed by atoms with Crippen LogP contribution in [0.5, 0.6) is 0 Å². The molecule has 0 aliphatic heterocycles. The molecule has 56 valence electrons. The maximum absolute atomic E-state index is 5.67. The molecule has 9 heavy (non-hydrogen) atoms. The largest absolute Gasteiger partial charge is 0.326 e. The second kappa shape index (κ2) is 5.07. The van der Waals surface area contributed by atoms with Gasteiger partial charge in [0.25, 0.3) is 0 Å². The van der Waals surface area contributed by atoms with Crippen molar-refractivity contribution in [1.82, 2.24) is 0 Å². The highest BCUT2D eigenvalue weighted by molar-refractivity contribution is 6.18. The van der Waals surface area contributed by atoms with Gasteiger partial charge in [0.1, 0.15) is 0 Å². The van der Waals surface area contributed by atoms with Crippen LogP contribution in [0.15, 0.2) is 0 Å². The Morgan fingerprint density at radius 1 is 1.56 bits per heavy atom. The summed E-state index contributed by atoms with van der Waals surface area (Å²) in [6.07, 6.45) is 2.39. The highest BCUT2D eigenvalue weighted by atomic mass is 35.5. The van der Waals surface area contributed by atoms with E-state index >= 15 is 0 Å². The molecular weight excluding hydrogens is 134 g/mol. The van der Waals surface area contributed by atoms with Crippen molar-refractivity contribution in [2.75, 3.05) is 5.88 Å². The number of nitrogens with two attached hydrogens (primary N) is 1. The monoisotopic (exact) mass is 149 g/mol. The smallest absolute Gasteiger partial charge is 0.0377 e. The molecule has 0 aliphatic carbocycles. The van der Waals surface area contributed by atoms with Crippen molar-refractivity contribution in [2.45, 2.75) is 32.7 Å². The molecule has 2 unspecified atom stereocenters. The van der Waals surface area contributed by atoms with Crippen LogP contribution in [0, 0.1) is 5.92 Å². The van der Waals surface area contributed by atoms with Gasteiger partial charge in [-0.1, -0.05) is 20.3 Å². The van der Waals surface area contributed by atoms with Gasteiger partial charge < -0.3 is 5.73 Å². The van der Waals surface area contributed by atoms with E-state index in [1.165, 1.54) is 12.8 Å². The van der Waals surface area contributed by atoms with Gasteiger partial charge >= 0.3 is 0 Å². The number of hydrogen-bond acceptors (Lipinski definition) is 1. The fraction of sp³-hybridized carbons (Fsp3) is 1.00. The van der Waals surface area contributed by atoms with Crippen molar-refractivity contribution in [3.63, 3.8) is 0 Å². The minimum Gasteiger partial charge on any atom is -0.326 e. The number of rotatable bonds is 4. The van der Waals surface area contributed by atoms with Crippen LogP contribution in [-0.2, 0) is 0 Å². The van der Waals surface area contributed by atoms with Gasteiger partial charge in [0.2, 0.25) is 0 Å². The first-order valence-electron chi connectivity index (χ1n) is 3.53. The zero-order valence-electron chi connectivity index (χ0n) is 6.23. The molecule has 0 aromatic carbocycles. The van der Waals surface area contributed by atoms with E-state index in [0.29, 0.717) is 11.8 Å². The Labute approximate surface area is 62.6 Å². The van der Waals surface area contributed by atoms with Gasteiger partial charge in [-0.3, -0.25) is 0 Å². The Bertz CT molecular complexity index is 65.9. The Kier molecular flexibility index (Phi) is 5.21. The second-order valence-corrected chi connectivity index (χ2v) is 2.89. The van der Waals surface area contributed by atoms with Gasteiger partial charge in [-0.25, -0.2) is 0 Å². The standard InChI is InChI=1S/C7H16ClN/c1-3-4-6(2)7(9)5-8/h6-7H,3-5,9H2,1-2H3. The van der Waals surface area contributed by atoms with Crippen molar-refractivity contribution in [2.24, 2.45) is 11.7 Å². The third-order valence-corrected chi connectivity index (χ3v) is 2.01. The van der Waals surface area contributed by atoms with Gasteiger partial charge in [0, 0.05) is 11.9 Å². The summed E-state index contributed by atoms with van der Waals surface area (Å²) >= 11 is 5.56. The molecule has 2 heteroatoms.